The molecule has 3 heteroatoms. The summed E-state index contributed by atoms with van der Waals surface area (Å²) in [7, 11) is 0. The first-order chi connectivity index (χ1) is 13.2. The first kappa shape index (κ1) is 17.2. The molecule has 1 aromatic heterocycles. The number of pyridine rings is 1. The van der Waals surface area contributed by atoms with Crippen LogP contribution in [0.25, 0.3) is 16.8 Å². The predicted octanol–water partition coefficient (Wildman–Crippen LogP) is 4.99. The summed E-state index contributed by atoms with van der Waals surface area (Å²) < 4.78 is 0. The van der Waals surface area contributed by atoms with Crippen molar-refractivity contribution in [2.24, 2.45) is 0 Å². The summed E-state index contributed by atoms with van der Waals surface area (Å²) >= 11 is 0. The van der Waals surface area contributed by atoms with Crippen molar-refractivity contribution in [2.45, 2.75) is 13.3 Å². The Balaban J connectivity index is 1.51. The first-order valence-corrected chi connectivity index (χ1v) is 9.29. The summed E-state index contributed by atoms with van der Waals surface area (Å²) in [5.41, 5.74) is 5.98. The van der Waals surface area contributed by atoms with Gasteiger partial charge in [0.2, 0.25) is 0 Å². The van der Waals surface area contributed by atoms with Gasteiger partial charge in [0.15, 0.2) is 0 Å². The van der Waals surface area contributed by atoms with Crippen molar-refractivity contribution in [1.29, 1.82) is 0 Å². The van der Waals surface area contributed by atoms with E-state index in [4.69, 9.17) is 0 Å². The number of carbonyl (C=O) groups is 1. The number of benzene rings is 2. The van der Waals surface area contributed by atoms with E-state index in [1.165, 1.54) is 11.1 Å². The summed E-state index contributed by atoms with van der Waals surface area (Å²) in [6.07, 6.45) is 3.04. The Morgan fingerprint density at radius 1 is 0.889 bits per heavy atom. The maximum Gasteiger partial charge on any atom is 0.255 e. The van der Waals surface area contributed by atoms with Gasteiger partial charge in [0.05, 0.1) is 17.0 Å². The molecule has 27 heavy (non-hydrogen) atoms. The Morgan fingerprint density at radius 2 is 1.56 bits per heavy atom. The molecule has 1 aliphatic rings. The Morgan fingerprint density at radius 3 is 2.15 bits per heavy atom. The van der Waals surface area contributed by atoms with Gasteiger partial charge < -0.3 is 4.90 Å². The minimum Gasteiger partial charge on any atom is -0.335 e. The van der Waals surface area contributed by atoms with Gasteiger partial charge in [0.1, 0.15) is 0 Å². The van der Waals surface area contributed by atoms with Crippen LogP contribution in [0.4, 0.5) is 0 Å². The van der Waals surface area contributed by atoms with Crippen molar-refractivity contribution < 1.29 is 4.79 Å². The highest BCUT2D eigenvalue weighted by molar-refractivity contribution is 5.96. The van der Waals surface area contributed by atoms with Crippen LogP contribution < -0.4 is 0 Å². The quantitative estimate of drug-likeness (QED) is 0.664. The van der Waals surface area contributed by atoms with Crippen molar-refractivity contribution in [3.8, 4) is 11.3 Å². The highest BCUT2D eigenvalue weighted by atomic mass is 16.2. The van der Waals surface area contributed by atoms with Crippen molar-refractivity contribution in [3.05, 3.63) is 95.7 Å². The van der Waals surface area contributed by atoms with Gasteiger partial charge in [-0.2, -0.15) is 0 Å². The molecule has 0 fully saturated rings. The molecule has 2 aromatic carbocycles. The molecule has 0 aliphatic carbocycles. The molecule has 4 rings (SSSR count). The van der Waals surface area contributed by atoms with E-state index in [2.05, 4.69) is 35.3 Å². The fourth-order valence-electron chi connectivity index (χ4n) is 3.50. The average Bonchev–Trinajstić information content (AvgIpc) is 2.74. The highest BCUT2D eigenvalue weighted by Crippen LogP contribution is 2.24. The van der Waals surface area contributed by atoms with Crippen LogP contribution >= 0.6 is 0 Å². The van der Waals surface area contributed by atoms with Gasteiger partial charge in [-0.15, -0.1) is 0 Å². The number of hydrogen-bond donors (Lipinski definition) is 0. The van der Waals surface area contributed by atoms with Gasteiger partial charge in [-0.25, -0.2) is 0 Å². The maximum absolute atomic E-state index is 13.0. The Labute approximate surface area is 160 Å². The topological polar surface area (TPSA) is 33.2 Å². The smallest absolute Gasteiger partial charge is 0.255 e. The van der Waals surface area contributed by atoms with Crippen LogP contribution in [0.5, 0.6) is 0 Å². The molecule has 134 valence electrons. The third kappa shape index (κ3) is 3.68. The summed E-state index contributed by atoms with van der Waals surface area (Å²) in [5, 5.41) is 0. The SMILES string of the molecule is Cc1nc(-c2ccccc2)ccc1C(=O)N1CC=C(c2ccccc2)CC1. The van der Waals surface area contributed by atoms with Crippen LogP contribution in [0.2, 0.25) is 0 Å². The third-order valence-corrected chi connectivity index (χ3v) is 5.03. The molecule has 0 radical (unpaired) electrons. The lowest BCUT2D eigenvalue weighted by Gasteiger charge is -2.27. The minimum atomic E-state index is 0.0583. The van der Waals surface area contributed by atoms with E-state index in [1.807, 2.05) is 60.4 Å². The molecule has 0 spiro atoms. The summed E-state index contributed by atoms with van der Waals surface area (Å²) in [6, 6.07) is 24.3. The van der Waals surface area contributed by atoms with Crippen LogP contribution in [0.1, 0.15) is 28.0 Å². The highest BCUT2D eigenvalue weighted by Gasteiger charge is 2.21. The first-order valence-electron chi connectivity index (χ1n) is 9.29. The van der Waals surface area contributed by atoms with Gasteiger partial charge in [-0.3, -0.25) is 9.78 Å². The van der Waals surface area contributed by atoms with Crippen molar-refractivity contribution in [1.82, 2.24) is 9.88 Å². The Bertz CT molecular complexity index is 978. The van der Waals surface area contributed by atoms with E-state index in [0.29, 0.717) is 12.1 Å². The zero-order valence-electron chi connectivity index (χ0n) is 15.4. The number of rotatable bonds is 3. The van der Waals surface area contributed by atoms with Gasteiger partial charge in [-0.05, 0) is 36.6 Å². The normalized spacial score (nSPS) is 14.0. The van der Waals surface area contributed by atoms with Gasteiger partial charge in [0.25, 0.3) is 5.91 Å². The minimum absolute atomic E-state index is 0.0583. The van der Waals surface area contributed by atoms with Crippen molar-refractivity contribution >= 4 is 11.5 Å². The number of carbonyl (C=O) groups excluding carboxylic acids is 1. The van der Waals surface area contributed by atoms with E-state index < -0.39 is 0 Å². The molecule has 3 aromatic rings. The van der Waals surface area contributed by atoms with Gasteiger partial charge in [-0.1, -0.05) is 66.7 Å². The molecule has 0 saturated carbocycles. The molecular formula is C24H22N2O. The van der Waals surface area contributed by atoms with E-state index >= 15 is 0 Å². The number of hydrogen-bond acceptors (Lipinski definition) is 2. The van der Waals surface area contributed by atoms with Crippen molar-refractivity contribution in [2.75, 3.05) is 13.1 Å². The van der Waals surface area contributed by atoms with Crippen LogP contribution in [-0.2, 0) is 0 Å². The number of amides is 1. The fourth-order valence-corrected chi connectivity index (χ4v) is 3.50. The van der Waals surface area contributed by atoms with E-state index in [-0.39, 0.29) is 5.91 Å². The lowest BCUT2D eigenvalue weighted by molar-refractivity contribution is 0.0771. The lowest BCUT2D eigenvalue weighted by Crippen LogP contribution is -2.35. The Hall–Kier alpha value is -3.20. The van der Waals surface area contributed by atoms with E-state index in [0.717, 1.165) is 29.9 Å². The van der Waals surface area contributed by atoms with Crippen LogP contribution in [-0.4, -0.2) is 28.9 Å². The molecule has 3 nitrogen and oxygen atoms in total. The number of aryl methyl sites for hydroxylation is 1. The maximum atomic E-state index is 13.0. The third-order valence-electron chi connectivity index (χ3n) is 5.03. The standard InChI is InChI=1S/C24H22N2O/c1-18-22(12-13-23(25-18)21-10-6-3-7-11-21)24(27)26-16-14-20(15-17-26)19-8-4-2-5-9-19/h2-14H,15-17H2,1H3. The molecule has 1 amide bonds. The van der Waals surface area contributed by atoms with Crippen LogP contribution in [0.3, 0.4) is 0 Å². The average molecular weight is 354 g/mol. The zero-order valence-corrected chi connectivity index (χ0v) is 15.4. The summed E-state index contributed by atoms with van der Waals surface area (Å²) in [6.45, 7) is 3.29. The second-order valence-electron chi connectivity index (χ2n) is 6.79. The second kappa shape index (κ2) is 7.58. The number of nitrogens with zero attached hydrogens (tertiary/aromatic N) is 2. The molecule has 0 saturated heterocycles. The summed E-state index contributed by atoms with van der Waals surface area (Å²) in [4.78, 5) is 19.5. The predicted molar refractivity (Wildman–Crippen MR) is 109 cm³/mol. The summed E-state index contributed by atoms with van der Waals surface area (Å²) in [5.74, 6) is 0.0583. The van der Waals surface area contributed by atoms with Crippen LogP contribution in [0.15, 0.2) is 78.9 Å². The monoisotopic (exact) mass is 354 g/mol. The zero-order chi connectivity index (χ0) is 18.6. The molecule has 0 bridgehead atoms. The van der Waals surface area contributed by atoms with E-state index in [1.54, 1.807) is 0 Å². The second-order valence-corrected chi connectivity index (χ2v) is 6.79. The molecule has 2 heterocycles. The molecule has 0 N–H and O–H groups in total. The number of aromatic nitrogens is 1. The van der Waals surface area contributed by atoms with Gasteiger partial charge >= 0.3 is 0 Å². The van der Waals surface area contributed by atoms with Crippen LogP contribution in [0, 0.1) is 6.92 Å². The van der Waals surface area contributed by atoms with E-state index in [9.17, 15) is 4.79 Å². The molecule has 0 atom stereocenters. The Kier molecular flexibility index (Phi) is 4.84. The fraction of sp³-hybridized carbons (Fsp3) is 0.167. The van der Waals surface area contributed by atoms with Gasteiger partial charge in [0, 0.05) is 18.7 Å². The largest absolute Gasteiger partial charge is 0.335 e. The lowest BCUT2D eigenvalue weighted by atomic mass is 9.99. The molecule has 0 unspecified atom stereocenters. The molecular weight excluding hydrogens is 332 g/mol. The van der Waals surface area contributed by atoms with Crippen molar-refractivity contribution in [3.63, 3.8) is 0 Å². The molecule has 1 aliphatic heterocycles.